The van der Waals surface area contributed by atoms with E-state index in [0.29, 0.717) is 5.92 Å². The summed E-state index contributed by atoms with van der Waals surface area (Å²) in [5.74, 6) is -0.240. The summed E-state index contributed by atoms with van der Waals surface area (Å²) in [6, 6.07) is 5.94. The van der Waals surface area contributed by atoms with Gasteiger partial charge < -0.3 is 10.1 Å². The molecule has 0 radical (unpaired) electrons. The van der Waals surface area contributed by atoms with E-state index in [4.69, 9.17) is 5.11 Å². The Morgan fingerprint density at radius 2 is 2.14 bits per heavy atom. The molecule has 112 valence electrons. The molecule has 1 unspecified atom stereocenters. The van der Waals surface area contributed by atoms with Gasteiger partial charge >= 0.3 is 11.7 Å². The summed E-state index contributed by atoms with van der Waals surface area (Å²) in [6.45, 7) is 3.94. The van der Waals surface area contributed by atoms with Crippen molar-refractivity contribution in [2.75, 3.05) is 0 Å². The molecule has 1 aliphatic rings. The quantitative estimate of drug-likeness (QED) is 0.888. The Morgan fingerprint density at radius 3 is 2.71 bits per heavy atom. The SMILES string of the molecule is CC(C)n1c(=O)[nH]c2cc(C(CC(=O)O)C3CC3)ccc21. The normalized spacial score (nSPS) is 16.5. The molecule has 1 aliphatic carbocycles. The Bertz CT molecular complexity index is 738. The van der Waals surface area contributed by atoms with Gasteiger partial charge in [0.2, 0.25) is 0 Å². The molecule has 0 bridgehead atoms. The predicted molar refractivity (Wildman–Crippen MR) is 80.7 cm³/mol. The fourth-order valence-electron chi connectivity index (χ4n) is 3.14. The monoisotopic (exact) mass is 288 g/mol. The number of aromatic amines is 1. The lowest BCUT2D eigenvalue weighted by Crippen LogP contribution is -2.18. The summed E-state index contributed by atoms with van der Waals surface area (Å²) in [4.78, 5) is 25.9. The molecule has 1 atom stereocenters. The van der Waals surface area contributed by atoms with Gasteiger partial charge in [-0.3, -0.25) is 9.36 Å². The van der Waals surface area contributed by atoms with Gasteiger partial charge in [0.05, 0.1) is 17.5 Å². The van der Waals surface area contributed by atoms with E-state index < -0.39 is 5.97 Å². The van der Waals surface area contributed by atoms with Gasteiger partial charge in [0.1, 0.15) is 0 Å². The predicted octanol–water partition coefficient (Wildman–Crippen LogP) is 2.88. The smallest absolute Gasteiger partial charge is 0.326 e. The lowest BCUT2D eigenvalue weighted by molar-refractivity contribution is -0.137. The van der Waals surface area contributed by atoms with Crippen molar-refractivity contribution >= 4 is 17.0 Å². The summed E-state index contributed by atoms with van der Waals surface area (Å²) >= 11 is 0. The number of carboxylic acids is 1. The Morgan fingerprint density at radius 1 is 1.43 bits per heavy atom. The van der Waals surface area contributed by atoms with Crippen LogP contribution in [0.2, 0.25) is 0 Å². The van der Waals surface area contributed by atoms with Gasteiger partial charge in [0.25, 0.3) is 0 Å². The Hall–Kier alpha value is -2.04. The van der Waals surface area contributed by atoms with Gasteiger partial charge in [-0.2, -0.15) is 0 Å². The number of aliphatic carboxylic acids is 1. The molecule has 1 fully saturated rings. The lowest BCUT2D eigenvalue weighted by Gasteiger charge is -2.15. The highest BCUT2D eigenvalue weighted by atomic mass is 16.4. The number of carboxylic acid groups (broad SMARTS) is 1. The summed E-state index contributed by atoms with van der Waals surface area (Å²) in [6.07, 6.45) is 2.35. The van der Waals surface area contributed by atoms with E-state index in [1.54, 1.807) is 4.57 Å². The van der Waals surface area contributed by atoms with Gasteiger partial charge in [-0.25, -0.2) is 4.79 Å². The summed E-state index contributed by atoms with van der Waals surface area (Å²) in [5, 5.41) is 9.09. The number of imidazole rings is 1. The molecule has 2 N–H and O–H groups in total. The fourth-order valence-corrected chi connectivity index (χ4v) is 3.14. The zero-order chi connectivity index (χ0) is 15.1. The number of fused-ring (bicyclic) bond motifs is 1. The van der Waals surface area contributed by atoms with Crippen molar-refractivity contribution in [3.63, 3.8) is 0 Å². The molecule has 21 heavy (non-hydrogen) atoms. The van der Waals surface area contributed by atoms with E-state index in [9.17, 15) is 9.59 Å². The van der Waals surface area contributed by atoms with Crippen molar-refractivity contribution in [1.82, 2.24) is 9.55 Å². The molecule has 3 rings (SSSR count). The lowest BCUT2D eigenvalue weighted by atomic mass is 9.91. The van der Waals surface area contributed by atoms with E-state index in [2.05, 4.69) is 4.98 Å². The summed E-state index contributed by atoms with van der Waals surface area (Å²) in [7, 11) is 0. The van der Waals surface area contributed by atoms with Gasteiger partial charge in [0, 0.05) is 6.04 Å². The molecular formula is C16H20N2O3. The largest absolute Gasteiger partial charge is 0.481 e. The first-order valence-electron chi connectivity index (χ1n) is 7.43. The second kappa shape index (κ2) is 5.06. The molecular weight excluding hydrogens is 268 g/mol. The van der Waals surface area contributed by atoms with Crippen molar-refractivity contribution in [2.24, 2.45) is 5.92 Å². The zero-order valence-electron chi connectivity index (χ0n) is 12.3. The van der Waals surface area contributed by atoms with Crippen LogP contribution in [0.25, 0.3) is 11.0 Å². The first-order valence-corrected chi connectivity index (χ1v) is 7.43. The number of nitrogens with zero attached hydrogens (tertiary/aromatic N) is 1. The van der Waals surface area contributed by atoms with Crippen LogP contribution in [0.3, 0.4) is 0 Å². The van der Waals surface area contributed by atoms with E-state index in [0.717, 1.165) is 29.4 Å². The third kappa shape index (κ3) is 2.60. The Balaban J connectivity index is 2.04. The number of rotatable bonds is 5. The van der Waals surface area contributed by atoms with Crippen LogP contribution >= 0.6 is 0 Å². The second-order valence-electron chi connectivity index (χ2n) is 6.21. The fraction of sp³-hybridized carbons (Fsp3) is 0.500. The second-order valence-corrected chi connectivity index (χ2v) is 6.21. The van der Waals surface area contributed by atoms with Crippen molar-refractivity contribution < 1.29 is 9.90 Å². The molecule has 1 aromatic heterocycles. The van der Waals surface area contributed by atoms with E-state index in [1.807, 2.05) is 32.0 Å². The van der Waals surface area contributed by atoms with E-state index in [1.165, 1.54) is 0 Å². The van der Waals surface area contributed by atoms with Crippen LogP contribution in [-0.4, -0.2) is 20.6 Å². The maximum Gasteiger partial charge on any atom is 0.326 e. The minimum absolute atomic E-state index is 0.0535. The minimum Gasteiger partial charge on any atom is -0.481 e. The van der Waals surface area contributed by atoms with Crippen LogP contribution in [0.5, 0.6) is 0 Å². The average molecular weight is 288 g/mol. The molecule has 1 heterocycles. The van der Waals surface area contributed by atoms with Crippen LogP contribution in [-0.2, 0) is 4.79 Å². The number of H-pyrrole nitrogens is 1. The van der Waals surface area contributed by atoms with Gasteiger partial charge in [-0.05, 0) is 56.2 Å². The first-order chi connectivity index (χ1) is 9.97. The summed E-state index contributed by atoms with van der Waals surface area (Å²) < 4.78 is 1.72. The highest BCUT2D eigenvalue weighted by molar-refractivity contribution is 5.77. The van der Waals surface area contributed by atoms with Crippen molar-refractivity contribution in [2.45, 2.75) is 45.1 Å². The van der Waals surface area contributed by atoms with Crippen LogP contribution in [0.4, 0.5) is 0 Å². The molecule has 1 saturated carbocycles. The number of hydrogen-bond donors (Lipinski definition) is 2. The molecule has 0 aliphatic heterocycles. The number of aromatic nitrogens is 2. The maximum atomic E-state index is 12.0. The zero-order valence-corrected chi connectivity index (χ0v) is 12.3. The third-order valence-corrected chi connectivity index (χ3v) is 4.27. The van der Waals surface area contributed by atoms with Crippen molar-refractivity contribution in [3.8, 4) is 0 Å². The van der Waals surface area contributed by atoms with Crippen LogP contribution < -0.4 is 5.69 Å². The van der Waals surface area contributed by atoms with Crippen molar-refractivity contribution in [3.05, 3.63) is 34.2 Å². The molecule has 0 spiro atoms. The maximum absolute atomic E-state index is 12.0. The molecule has 2 aromatic rings. The first kappa shape index (κ1) is 13.9. The molecule has 5 nitrogen and oxygen atoms in total. The summed E-state index contributed by atoms with van der Waals surface area (Å²) in [5.41, 5.74) is 2.58. The van der Waals surface area contributed by atoms with Gasteiger partial charge in [-0.1, -0.05) is 6.07 Å². The number of hydrogen-bond acceptors (Lipinski definition) is 2. The third-order valence-electron chi connectivity index (χ3n) is 4.27. The molecule has 0 saturated heterocycles. The van der Waals surface area contributed by atoms with E-state index >= 15 is 0 Å². The Kier molecular flexibility index (Phi) is 3.35. The minimum atomic E-state index is -0.764. The average Bonchev–Trinajstić information content (AvgIpc) is 3.17. The Labute approximate surface area is 122 Å². The van der Waals surface area contributed by atoms with Gasteiger partial charge in [0.15, 0.2) is 0 Å². The van der Waals surface area contributed by atoms with Crippen molar-refractivity contribution in [1.29, 1.82) is 0 Å². The highest BCUT2D eigenvalue weighted by Gasteiger charge is 2.33. The van der Waals surface area contributed by atoms with Crippen LogP contribution in [0.15, 0.2) is 23.0 Å². The number of nitrogens with one attached hydrogen (secondary N) is 1. The number of carbonyl (C=O) groups is 1. The standard InChI is InChI=1S/C16H20N2O3/c1-9(2)18-14-6-5-11(7-13(14)17-16(18)21)12(8-15(19)20)10-3-4-10/h5-7,9-10,12H,3-4,8H2,1-2H3,(H,17,21)(H,19,20). The molecule has 1 aromatic carbocycles. The highest BCUT2D eigenvalue weighted by Crippen LogP contribution is 2.44. The number of benzene rings is 1. The topological polar surface area (TPSA) is 75.1 Å². The van der Waals surface area contributed by atoms with Crippen LogP contribution in [0, 0.1) is 5.92 Å². The molecule has 5 heteroatoms. The van der Waals surface area contributed by atoms with E-state index in [-0.39, 0.29) is 24.1 Å². The van der Waals surface area contributed by atoms with Crippen LogP contribution in [0.1, 0.15) is 50.6 Å². The molecule has 0 amide bonds. The van der Waals surface area contributed by atoms with Gasteiger partial charge in [-0.15, -0.1) is 0 Å².